The molecule has 0 aliphatic rings. The maximum atomic E-state index is 12.2. The van der Waals surface area contributed by atoms with Gasteiger partial charge in [0, 0.05) is 6.20 Å². The Morgan fingerprint density at radius 2 is 1.93 bits per heavy atom. The lowest BCUT2D eigenvalue weighted by Crippen LogP contribution is -2.25. The fraction of sp³-hybridized carbons (Fsp3) is 0.222. The van der Waals surface area contributed by atoms with Crippen LogP contribution in [0.4, 0.5) is 5.69 Å². The van der Waals surface area contributed by atoms with Crippen LogP contribution in [-0.2, 0) is 21.1 Å². The van der Waals surface area contributed by atoms with Gasteiger partial charge in [-0.3, -0.25) is 4.79 Å². The molecule has 0 aliphatic carbocycles. The van der Waals surface area contributed by atoms with Gasteiger partial charge in [-0.25, -0.2) is 23.1 Å². The molecule has 0 radical (unpaired) electrons. The normalized spacial score (nSPS) is 11.3. The predicted octanol–water partition coefficient (Wildman–Crippen LogP) is 1.65. The van der Waals surface area contributed by atoms with Crippen LogP contribution in [0.2, 0.25) is 0 Å². The highest BCUT2D eigenvalue weighted by atomic mass is 32.2. The first-order valence-corrected chi connectivity index (χ1v) is 10.2. The molecule has 1 aromatic carbocycles. The molecule has 3 rings (SSSR count). The molecule has 27 heavy (non-hydrogen) atoms. The second kappa shape index (κ2) is 8.54. The fourth-order valence-corrected chi connectivity index (χ4v) is 3.79. The number of aromatic nitrogens is 4. The first-order chi connectivity index (χ1) is 13.0. The number of sulfone groups is 1. The molecule has 140 valence electrons. The van der Waals surface area contributed by atoms with Crippen molar-refractivity contribution < 1.29 is 13.2 Å². The summed E-state index contributed by atoms with van der Waals surface area (Å²) in [6, 6.07) is 12.9. The molecule has 1 amide bonds. The largest absolute Gasteiger partial charge is 0.322 e. The number of nitrogens with one attached hydrogen (secondary N) is 1. The molecular weight excluding hydrogens is 366 g/mol. The summed E-state index contributed by atoms with van der Waals surface area (Å²) >= 11 is 0. The molecule has 0 aliphatic heterocycles. The zero-order valence-corrected chi connectivity index (χ0v) is 15.3. The van der Waals surface area contributed by atoms with Crippen LogP contribution < -0.4 is 5.32 Å². The molecule has 2 aromatic heterocycles. The average molecular weight is 385 g/mol. The number of benzene rings is 1. The van der Waals surface area contributed by atoms with Crippen molar-refractivity contribution in [2.75, 3.05) is 16.8 Å². The standard InChI is InChI=1S/C18H19N5O3S/c24-17(12-27(25,26)11-5-8-15-6-2-1-3-7-15)22-16-9-4-10-20-18(16)23-14-19-13-21-23/h1-4,6-7,9-10,13-14H,5,8,11-12H2,(H,22,24). The maximum absolute atomic E-state index is 12.2. The zero-order chi connectivity index (χ0) is 19.1. The summed E-state index contributed by atoms with van der Waals surface area (Å²) < 4.78 is 25.9. The van der Waals surface area contributed by atoms with E-state index in [0.29, 0.717) is 24.3 Å². The van der Waals surface area contributed by atoms with Gasteiger partial charge in [-0.05, 0) is 30.5 Å². The van der Waals surface area contributed by atoms with Gasteiger partial charge < -0.3 is 5.32 Å². The molecule has 1 N–H and O–H groups in total. The Hall–Kier alpha value is -3.07. The van der Waals surface area contributed by atoms with Gasteiger partial charge in [-0.15, -0.1) is 0 Å². The summed E-state index contributed by atoms with van der Waals surface area (Å²) in [5.41, 5.74) is 1.44. The highest BCUT2D eigenvalue weighted by Gasteiger charge is 2.18. The van der Waals surface area contributed by atoms with E-state index < -0.39 is 21.5 Å². The van der Waals surface area contributed by atoms with E-state index in [2.05, 4.69) is 20.4 Å². The van der Waals surface area contributed by atoms with Gasteiger partial charge >= 0.3 is 0 Å². The van der Waals surface area contributed by atoms with Crippen LogP contribution >= 0.6 is 0 Å². The second-order valence-electron chi connectivity index (χ2n) is 5.94. The average Bonchev–Trinajstić information content (AvgIpc) is 3.17. The number of nitrogens with zero attached hydrogens (tertiary/aromatic N) is 4. The van der Waals surface area contributed by atoms with Crippen LogP contribution in [0.25, 0.3) is 5.82 Å². The molecule has 9 heteroatoms. The molecule has 0 spiro atoms. The third-order valence-electron chi connectivity index (χ3n) is 3.81. The van der Waals surface area contributed by atoms with Crippen molar-refractivity contribution in [1.29, 1.82) is 0 Å². The number of amides is 1. The van der Waals surface area contributed by atoms with E-state index in [9.17, 15) is 13.2 Å². The number of carbonyl (C=O) groups excluding carboxylic acids is 1. The summed E-state index contributed by atoms with van der Waals surface area (Å²) in [5.74, 6) is -0.861. The van der Waals surface area contributed by atoms with Crippen molar-refractivity contribution in [3.8, 4) is 5.82 Å². The molecule has 0 atom stereocenters. The first-order valence-electron chi connectivity index (χ1n) is 8.38. The van der Waals surface area contributed by atoms with E-state index in [1.54, 1.807) is 18.3 Å². The van der Waals surface area contributed by atoms with E-state index >= 15 is 0 Å². The van der Waals surface area contributed by atoms with Gasteiger partial charge in [0.2, 0.25) is 5.91 Å². The van der Waals surface area contributed by atoms with Gasteiger partial charge in [0.15, 0.2) is 15.7 Å². The Labute approximate surface area is 157 Å². The molecule has 2 heterocycles. The Bertz CT molecular complexity index is 989. The smallest absolute Gasteiger partial charge is 0.239 e. The third kappa shape index (κ3) is 5.45. The molecule has 0 bridgehead atoms. The van der Waals surface area contributed by atoms with Gasteiger partial charge in [-0.2, -0.15) is 5.10 Å². The number of pyridine rings is 1. The fourth-order valence-electron chi connectivity index (χ4n) is 2.59. The zero-order valence-electron chi connectivity index (χ0n) is 14.5. The highest BCUT2D eigenvalue weighted by Crippen LogP contribution is 2.16. The Morgan fingerprint density at radius 3 is 2.67 bits per heavy atom. The van der Waals surface area contributed by atoms with E-state index in [4.69, 9.17) is 0 Å². The maximum Gasteiger partial charge on any atom is 0.239 e. The lowest BCUT2D eigenvalue weighted by molar-refractivity contribution is -0.113. The quantitative estimate of drug-likeness (QED) is 0.632. The summed E-state index contributed by atoms with van der Waals surface area (Å²) in [4.78, 5) is 20.2. The lowest BCUT2D eigenvalue weighted by atomic mass is 10.1. The van der Waals surface area contributed by atoms with E-state index in [0.717, 1.165) is 5.56 Å². The van der Waals surface area contributed by atoms with Gasteiger partial charge in [-0.1, -0.05) is 30.3 Å². The third-order valence-corrected chi connectivity index (χ3v) is 5.42. The first kappa shape index (κ1) is 18.7. The Balaban J connectivity index is 1.57. The summed E-state index contributed by atoms with van der Waals surface area (Å²) in [5, 5.41) is 6.57. The lowest BCUT2D eigenvalue weighted by Gasteiger charge is -2.10. The molecule has 3 aromatic rings. The van der Waals surface area contributed by atoms with Crippen LogP contribution in [0, 0.1) is 0 Å². The summed E-state index contributed by atoms with van der Waals surface area (Å²) in [7, 11) is -3.50. The van der Waals surface area contributed by atoms with Crippen molar-refractivity contribution in [3.05, 3.63) is 66.9 Å². The summed E-state index contributed by atoms with van der Waals surface area (Å²) in [6.45, 7) is 0. The number of hydrogen-bond donors (Lipinski definition) is 1. The van der Waals surface area contributed by atoms with Gasteiger partial charge in [0.25, 0.3) is 0 Å². The van der Waals surface area contributed by atoms with Crippen molar-refractivity contribution in [2.45, 2.75) is 12.8 Å². The van der Waals surface area contributed by atoms with Gasteiger partial charge in [0.05, 0.1) is 11.4 Å². The number of anilines is 1. The molecular formula is C18H19N5O3S. The summed E-state index contributed by atoms with van der Waals surface area (Å²) in [6.07, 6.45) is 5.46. The Kier molecular flexibility index (Phi) is 5.92. The predicted molar refractivity (Wildman–Crippen MR) is 101 cm³/mol. The van der Waals surface area contributed by atoms with Crippen molar-refractivity contribution in [3.63, 3.8) is 0 Å². The Morgan fingerprint density at radius 1 is 1.11 bits per heavy atom. The SMILES string of the molecule is O=C(CS(=O)(=O)CCCc1ccccc1)Nc1cccnc1-n1cncn1. The van der Waals surface area contributed by atoms with E-state index in [1.165, 1.54) is 17.3 Å². The van der Waals surface area contributed by atoms with Crippen molar-refractivity contribution in [2.24, 2.45) is 0 Å². The number of rotatable bonds is 8. The number of hydrogen-bond acceptors (Lipinski definition) is 6. The van der Waals surface area contributed by atoms with Crippen molar-refractivity contribution >= 4 is 21.4 Å². The monoisotopic (exact) mass is 385 g/mol. The van der Waals surface area contributed by atoms with Crippen molar-refractivity contribution in [1.82, 2.24) is 19.7 Å². The number of carbonyl (C=O) groups is 1. The molecule has 0 unspecified atom stereocenters. The molecule has 0 fully saturated rings. The molecule has 0 saturated carbocycles. The van der Waals surface area contributed by atoms with Crippen LogP contribution in [0.3, 0.4) is 0 Å². The van der Waals surface area contributed by atoms with Crippen LogP contribution in [0.5, 0.6) is 0 Å². The highest BCUT2D eigenvalue weighted by molar-refractivity contribution is 7.92. The molecule has 8 nitrogen and oxygen atoms in total. The van der Waals surface area contributed by atoms with E-state index in [1.807, 2.05) is 30.3 Å². The minimum absolute atomic E-state index is 0.0434. The van der Waals surface area contributed by atoms with Crippen LogP contribution in [-0.4, -0.2) is 45.6 Å². The minimum Gasteiger partial charge on any atom is -0.322 e. The van der Waals surface area contributed by atoms with Crippen LogP contribution in [0.1, 0.15) is 12.0 Å². The minimum atomic E-state index is -3.50. The van der Waals surface area contributed by atoms with Gasteiger partial charge in [0.1, 0.15) is 18.4 Å². The topological polar surface area (TPSA) is 107 Å². The van der Waals surface area contributed by atoms with E-state index in [-0.39, 0.29) is 5.75 Å². The number of aryl methyl sites for hydroxylation is 1. The molecule has 0 saturated heterocycles. The van der Waals surface area contributed by atoms with Crippen LogP contribution in [0.15, 0.2) is 61.3 Å². The second-order valence-corrected chi connectivity index (χ2v) is 8.13.